The summed E-state index contributed by atoms with van der Waals surface area (Å²) in [6.45, 7) is 19.3. The Balaban J connectivity index is -0.00000268. The topological polar surface area (TPSA) is 208 Å². The number of hydrogen-bond acceptors (Lipinski definition) is 8. The van der Waals surface area contributed by atoms with Gasteiger partial charge in [-0.3, -0.25) is 28.9 Å². The molecule has 1 aliphatic rings. The first-order chi connectivity index (χ1) is 24.3. The van der Waals surface area contributed by atoms with Crippen LogP contribution in [0.3, 0.4) is 0 Å². The molecule has 0 bridgehead atoms. The summed E-state index contributed by atoms with van der Waals surface area (Å²) in [5.74, 6) is -2.39. The number of aliphatic hydroxyl groups excluding tert-OH is 2. The number of carbonyl (C=O) groups is 6. The molecule has 13 nitrogen and oxygen atoms in total. The third-order valence-electron chi connectivity index (χ3n) is 7.56. The molecule has 0 radical (unpaired) electrons. The van der Waals surface area contributed by atoms with Crippen molar-refractivity contribution in [3.63, 3.8) is 0 Å². The van der Waals surface area contributed by atoms with Crippen LogP contribution >= 0.6 is 0 Å². The molecule has 7 N–H and O–H groups in total. The number of amides is 6. The van der Waals surface area contributed by atoms with E-state index in [1.807, 2.05) is 55.4 Å². The number of aliphatic hydroxyl groups is 2. The number of carbonyl (C=O) groups excluding carboxylic acids is 6. The van der Waals surface area contributed by atoms with Crippen LogP contribution in [-0.4, -0.2) is 76.8 Å². The molecule has 2 atom stereocenters. The van der Waals surface area contributed by atoms with Crippen LogP contribution in [0.1, 0.15) is 120 Å². The normalized spacial score (nSPS) is 12.8. The molecule has 0 saturated carbocycles. The molecule has 1 aromatic rings. The Morgan fingerprint density at radius 1 is 0.824 bits per heavy atom. The fourth-order valence-corrected chi connectivity index (χ4v) is 4.81. The van der Waals surface area contributed by atoms with Crippen LogP contribution in [0.4, 0.5) is 10.5 Å². The number of imide groups is 1. The van der Waals surface area contributed by atoms with E-state index in [1.54, 1.807) is 38.1 Å². The molecule has 0 fully saturated rings. The third-order valence-corrected chi connectivity index (χ3v) is 7.56. The molecular weight excluding hydrogens is 654 g/mol. The summed E-state index contributed by atoms with van der Waals surface area (Å²) in [4.78, 5) is 75.9. The first kappa shape index (κ1) is 51.3. The highest BCUT2D eigenvalue weighted by molar-refractivity contribution is 6.18. The van der Waals surface area contributed by atoms with Crippen LogP contribution in [0.2, 0.25) is 0 Å². The molecule has 1 heterocycles. The summed E-state index contributed by atoms with van der Waals surface area (Å²) in [5.41, 5.74) is 7.26. The Labute approximate surface area is 306 Å². The molecule has 51 heavy (non-hydrogen) atoms. The highest BCUT2D eigenvalue weighted by Gasteiger charge is 2.33. The first-order valence-electron chi connectivity index (χ1n) is 18.2. The van der Waals surface area contributed by atoms with Crippen molar-refractivity contribution in [1.82, 2.24) is 15.5 Å². The molecule has 2 rings (SSSR count). The SMILES string of the molecule is CC.CC.CC.CC1=C(C)C(=O)N(CCCCCC(=O)N[C@H](C(=O)C[C@@H](CCCNC(N)=O)C(=O)Nc2ccc(CO)cc2)C(C)C)C1=O.CO. The molecule has 292 valence electrons. The van der Waals surface area contributed by atoms with Gasteiger partial charge in [0.1, 0.15) is 0 Å². The average molecular weight is 722 g/mol. The molecule has 1 aromatic carbocycles. The molecule has 0 aromatic heterocycles. The van der Waals surface area contributed by atoms with Crippen LogP contribution in [0, 0.1) is 11.8 Å². The molecule has 0 spiro atoms. The monoisotopic (exact) mass is 721 g/mol. The van der Waals surface area contributed by atoms with Gasteiger partial charge in [0.05, 0.1) is 12.6 Å². The van der Waals surface area contributed by atoms with Gasteiger partial charge in [-0.05, 0) is 63.1 Å². The van der Waals surface area contributed by atoms with Gasteiger partial charge in [-0.1, -0.05) is 73.9 Å². The minimum atomic E-state index is -0.785. The van der Waals surface area contributed by atoms with Crippen LogP contribution < -0.4 is 21.7 Å². The number of ketones is 1. The maximum atomic E-state index is 13.4. The van der Waals surface area contributed by atoms with Gasteiger partial charge in [-0.2, -0.15) is 0 Å². The zero-order chi connectivity index (χ0) is 40.1. The lowest BCUT2D eigenvalue weighted by atomic mass is 9.89. The van der Waals surface area contributed by atoms with Gasteiger partial charge in [0, 0.05) is 55.8 Å². The number of primary amides is 1. The van der Waals surface area contributed by atoms with Gasteiger partial charge in [0.25, 0.3) is 11.8 Å². The molecule has 6 amide bonds. The number of rotatable bonds is 18. The standard InChI is InChI=1S/C31H45N5O7.3C2H6.CH4O/c1-19(2)27(35-26(39)10-6-5-7-16-36-29(41)20(3)21(4)30(36)42)25(38)17-23(9-8-15-33-31(32)43)28(40)34-24-13-11-22(18-37)12-14-24;4*1-2/h11-14,19,23,27,37H,5-10,15-18H2,1-4H3,(H,34,40)(H,35,39)(H3,32,33,43);3*1-2H3;2H,1H3/t23-,27+;;;;/m1..../s1. The highest BCUT2D eigenvalue weighted by atomic mass is 16.3. The number of nitrogens with zero attached hydrogens (tertiary/aromatic N) is 1. The van der Waals surface area contributed by atoms with Gasteiger partial charge in [-0.15, -0.1) is 0 Å². The molecule has 0 unspecified atom stereocenters. The zero-order valence-corrected chi connectivity index (χ0v) is 33.0. The van der Waals surface area contributed by atoms with Crippen molar-refractivity contribution in [1.29, 1.82) is 0 Å². The van der Waals surface area contributed by atoms with E-state index in [0.717, 1.165) is 7.11 Å². The Bertz CT molecular complexity index is 1190. The van der Waals surface area contributed by atoms with E-state index in [2.05, 4.69) is 16.0 Å². The minimum Gasteiger partial charge on any atom is -0.400 e. The molecular formula is C38H67N5O8. The van der Waals surface area contributed by atoms with Crippen molar-refractivity contribution < 1.29 is 39.0 Å². The number of anilines is 1. The lowest BCUT2D eigenvalue weighted by molar-refractivity contribution is -0.137. The zero-order valence-electron chi connectivity index (χ0n) is 33.0. The summed E-state index contributed by atoms with van der Waals surface area (Å²) < 4.78 is 0. The van der Waals surface area contributed by atoms with E-state index in [-0.39, 0.29) is 61.3 Å². The number of hydrogen-bond donors (Lipinski definition) is 6. The van der Waals surface area contributed by atoms with Gasteiger partial charge >= 0.3 is 6.03 Å². The number of nitrogens with one attached hydrogen (secondary N) is 3. The number of urea groups is 1. The second-order valence-corrected chi connectivity index (χ2v) is 11.3. The fraction of sp³-hybridized carbons (Fsp3) is 0.632. The van der Waals surface area contributed by atoms with E-state index in [9.17, 15) is 33.9 Å². The van der Waals surface area contributed by atoms with E-state index in [4.69, 9.17) is 10.8 Å². The predicted molar refractivity (Wildman–Crippen MR) is 203 cm³/mol. The van der Waals surface area contributed by atoms with Crippen LogP contribution in [0.5, 0.6) is 0 Å². The summed E-state index contributed by atoms with van der Waals surface area (Å²) in [6, 6.07) is 5.22. The van der Waals surface area contributed by atoms with Gasteiger partial charge in [0.2, 0.25) is 11.8 Å². The molecule has 13 heteroatoms. The number of benzene rings is 1. The lowest BCUT2D eigenvalue weighted by Gasteiger charge is -2.24. The van der Waals surface area contributed by atoms with E-state index >= 15 is 0 Å². The van der Waals surface area contributed by atoms with Crippen LogP contribution in [0.25, 0.3) is 0 Å². The Morgan fingerprint density at radius 3 is 1.82 bits per heavy atom. The summed E-state index contributed by atoms with van der Waals surface area (Å²) >= 11 is 0. The lowest BCUT2D eigenvalue weighted by Crippen LogP contribution is -2.45. The Hall–Kier alpha value is -4.10. The number of nitrogens with two attached hydrogens (primary N) is 1. The quantitative estimate of drug-likeness (QED) is 0.0871. The van der Waals surface area contributed by atoms with Crippen molar-refractivity contribution in [2.75, 3.05) is 25.5 Å². The second-order valence-electron chi connectivity index (χ2n) is 11.3. The van der Waals surface area contributed by atoms with Crippen LogP contribution in [0.15, 0.2) is 35.4 Å². The maximum absolute atomic E-state index is 13.4. The van der Waals surface area contributed by atoms with Crippen LogP contribution in [-0.2, 0) is 30.6 Å². The molecule has 0 saturated heterocycles. The van der Waals surface area contributed by atoms with E-state index in [1.165, 1.54) is 4.90 Å². The maximum Gasteiger partial charge on any atom is 0.312 e. The third kappa shape index (κ3) is 19.8. The van der Waals surface area contributed by atoms with Gasteiger partial charge in [-0.25, -0.2) is 4.79 Å². The van der Waals surface area contributed by atoms with E-state index in [0.29, 0.717) is 61.0 Å². The highest BCUT2D eigenvalue weighted by Crippen LogP contribution is 2.21. The molecule has 1 aliphatic heterocycles. The van der Waals surface area contributed by atoms with Crippen molar-refractivity contribution >= 4 is 41.1 Å². The van der Waals surface area contributed by atoms with Crippen molar-refractivity contribution in [3.05, 3.63) is 41.0 Å². The second kappa shape index (κ2) is 30.7. The first-order valence-corrected chi connectivity index (χ1v) is 18.2. The summed E-state index contributed by atoms with van der Waals surface area (Å²) in [5, 5.41) is 24.3. The van der Waals surface area contributed by atoms with E-state index < -0.39 is 18.0 Å². The van der Waals surface area contributed by atoms with Gasteiger partial charge in [0.15, 0.2) is 5.78 Å². The Kier molecular flexibility index (Phi) is 30.9. The number of Topliss-reactive ketones (excluding diaryl/α,β-unsaturated/α-hetero) is 1. The molecule has 0 aliphatic carbocycles. The van der Waals surface area contributed by atoms with Crippen molar-refractivity contribution in [2.24, 2.45) is 17.6 Å². The van der Waals surface area contributed by atoms with Gasteiger partial charge < -0.3 is 31.9 Å². The predicted octanol–water partition coefficient (Wildman–Crippen LogP) is 5.23. The van der Waals surface area contributed by atoms with Crippen molar-refractivity contribution in [3.8, 4) is 0 Å². The number of unbranched alkanes of at least 4 members (excludes halogenated alkanes) is 2. The smallest absolute Gasteiger partial charge is 0.312 e. The fourth-order valence-electron chi connectivity index (χ4n) is 4.81. The minimum absolute atomic E-state index is 0.106. The summed E-state index contributed by atoms with van der Waals surface area (Å²) in [6.07, 6.45) is 2.53. The average Bonchev–Trinajstić information content (AvgIpc) is 3.32. The summed E-state index contributed by atoms with van der Waals surface area (Å²) in [7, 11) is 1.00. The largest absolute Gasteiger partial charge is 0.400 e. The Morgan fingerprint density at radius 2 is 1.35 bits per heavy atom. The van der Waals surface area contributed by atoms with Crippen molar-refractivity contribution in [2.45, 2.75) is 127 Å².